The number of carboxylic acid groups (broad SMARTS) is 1. The number of benzene rings is 1. The third-order valence-corrected chi connectivity index (χ3v) is 3.87. The van der Waals surface area contributed by atoms with Gasteiger partial charge in [-0.25, -0.2) is 4.79 Å². The van der Waals surface area contributed by atoms with Crippen molar-refractivity contribution in [3.63, 3.8) is 0 Å². The number of carbonyl (C=O) groups is 1. The van der Waals surface area contributed by atoms with E-state index in [-0.39, 0.29) is 6.61 Å². The topological polar surface area (TPSA) is 88.5 Å². The molecular weight excluding hydrogens is 268 g/mol. The van der Waals surface area contributed by atoms with Crippen LogP contribution in [0.15, 0.2) is 18.2 Å². The molecule has 0 saturated carbocycles. The zero-order valence-corrected chi connectivity index (χ0v) is 12.3. The molecule has 0 amide bonds. The molecule has 1 aromatic carbocycles. The highest BCUT2D eigenvalue weighted by molar-refractivity contribution is 6.03. The lowest BCUT2D eigenvalue weighted by Crippen LogP contribution is -2.06. The van der Waals surface area contributed by atoms with Gasteiger partial charge in [-0.05, 0) is 44.4 Å². The molecule has 0 radical (unpaired) electrons. The van der Waals surface area contributed by atoms with Gasteiger partial charge >= 0.3 is 5.97 Å². The Morgan fingerprint density at radius 2 is 2.10 bits per heavy atom. The first-order valence-corrected chi connectivity index (χ1v) is 7.26. The SMILES string of the molecule is Cc1c(CCCN)c2cccc(C(=O)O)c2n1CCCO. The summed E-state index contributed by atoms with van der Waals surface area (Å²) in [5.41, 5.74) is 8.90. The molecule has 0 unspecified atom stereocenters. The van der Waals surface area contributed by atoms with Crippen LogP contribution < -0.4 is 5.73 Å². The average molecular weight is 290 g/mol. The Kier molecular flexibility index (Phi) is 4.98. The van der Waals surface area contributed by atoms with Gasteiger partial charge in [-0.2, -0.15) is 0 Å². The van der Waals surface area contributed by atoms with E-state index in [1.165, 1.54) is 0 Å². The lowest BCUT2D eigenvalue weighted by Gasteiger charge is -2.09. The van der Waals surface area contributed by atoms with Gasteiger partial charge in [0.15, 0.2) is 0 Å². The third-order valence-electron chi connectivity index (χ3n) is 3.87. The molecule has 114 valence electrons. The number of hydrogen-bond acceptors (Lipinski definition) is 3. The van der Waals surface area contributed by atoms with Crippen LogP contribution in [0.2, 0.25) is 0 Å². The Balaban J connectivity index is 2.66. The molecular formula is C16H22N2O3. The first-order valence-electron chi connectivity index (χ1n) is 7.26. The summed E-state index contributed by atoms with van der Waals surface area (Å²) in [4.78, 5) is 11.5. The van der Waals surface area contributed by atoms with Gasteiger partial charge in [-0.1, -0.05) is 12.1 Å². The second-order valence-electron chi connectivity index (χ2n) is 5.19. The van der Waals surface area contributed by atoms with E-state index in [1.54, 1.807) is 12.1 Å². The second-order valence-corrected chi connectivity index (χ2v) is 5.19. The fourth-order valence-electron chi connectivity index (χ4n) is 2.88. The van der Waals surface area contributed by atoms with Gasteiger partial charge in [-0.15, -0.1) is 0 Å². The van der Waals surface area contributed by atoms with E-state index in [1.807, 2.05) is 17.6 Å². The smallest absolute Gasteiger partial charge is 0.337 e. The summed E-state index contributed by atoms with van der Waals surface area (Å²) in [6.07, 6.45) is 2.32. The average Bonchev–Trinajstić information content (AvgIpc) is 2.74. The molecule has 0 atom stereocenters. The molecule has 1 heterocycles. The predicted molar refractivity (Wildman–Crippen MR) is 82.7 cm³/mol. The number of nitrogens with zero attached hydrogens (tertiary/aromatic N) is 1. The van der Waals surface area contributed by atoms with E-state index in [4.69, 9.17) is 10.8 Å². The maximum atomic E-state index is 11.5. The van der Waals surface area contributed by atoms with Gasteiger partial charge in [0.05, 0.1) is 11.1 Å². The van der Waals surface area contributed by atoms with Crippen LogP contribution in [-0.2, 0) is 13.0 Å². The number of aromatic carboxylic acids is 1. The number of aliphatic hydroxyl groups is 1. The number of rotatable bonds is 7. The maximum absolute atomic E-state index is 11.5. The van der Waals surface area contributed by atoms with Gasteiger partial charge in [0.25, 0.3) is 0 Å². The van der Waals surface area contributed by atoms with Crippen LogP contribution in [0.1, 0.15) is 34.5 Å². The predicted octanol–water partition coefficient (Wildman–Crippen LogP) is 1.92. The molecule has 2 aromatic rings. The van der Waals surface area contributed by atoms with Crippen molar-refractivity contribution >= 4 is 16.9 Å². The van der Waals surface area contributed by atoms with Gasteiger partial charge in [0.2, 0.25) is 0 Å². The van der Waals surface area contributed by atoms with Crippen LogP contribution in [0.4, 0.5) is 0 Å². The van der Waals surface area contributed by atoms with Gasteiger partial charge in [0, 0.05) is 24.2 Å². The number of carboxylic acids is 1. The lowest BCUT2D eigenvalue weighted by molar-refractivity contribution is 0.0698. The zero-order chi connectivity index (χ0) is 15.4. The Morgan fingerprint density at radius 3 is 2.71 bits per heavy atom. The molecule has 0 bridgehead atoms. The molecule has 0 aliphatic rings. The number of aromatic nitrogens is 1. The van der Waals surface area contributed by atoms with Gasteiger partial charge < -0.3 is 20.5 Å². The Labute approximate surface area is 124 Å². The number of aryl methyl sites for hydroxylation is 2. The van der Waals surface area contributed by atoms with Crippen molar-refractivity contribution in [1.29, 1.82) is 0 Å². The van der Waals surface area contributed by atoms with E-state index >= 15 is 0 Å². The van der Waals surface area contributed by atoms with Crippen molar-refractivity contribution in [3.05, 3.63) is 35.0 Å². The van der Waals surface area contributed by atoms with E-state index in [0.29, 0.717) is 25.1 Å². The maximum Gasteiger partial charge on any atom is 0.337 e. The van der Waals surface area contributed by atoms with Crippen molar-refractivity contribution in [3.8, 4) is 0 Å². The Morgan fingerprint density at radius 1 is 1.33 bits per heavy atom. The summed E-state index contributed by atoms with van der Waals surface area (Å²) in [6.45, 7) is 3.33. The Hall–Kier alpha value is -1.85. The van der Waals surface area contributed by atoms with E-state index < -0.39 is 5.97 Å². The monoisotopic (exact) mass is 290 g/mol. The van der Waals surface area contributed by atoms with Crippen molar-refractivity contribution in [2.24, 2.45) is 5.73 Å². The summed E-state index contributed by atoms with van der Waals surface area (Å²) in [5, 5.41) is 19.5. The van der Waals surface area contributed by atoms with Crippen LogP contribution in [0.25, 0.3) is 10.9 Å². The largest absolute Gasteiger partial charge is 0.478 e. The number of nitrogens with two attached hydrogens (primary N) is 1. The second kappa shape index (κ2) is 6.74. The highest BCUT2D eigenvalue weighted by Crippen LogP contribution is 2.30. The van der Waals surface area contributed by atoms with Crippen LogP contribution >= 0.6 is 0 Å². The van der Waals surface area contributed by atoms with Crippen molar-refractivity contribution in [1.82, 2.24) is 4.57 Å². The highest BCUT2D eigenvalue weighted by atomic mass is 16.4. The van der Waals surface area contributed by atoms with Crippen LogP contribution in [-0.4, -0.2) is 33.9 Å². The summed E-state index contributed by atoms with van der Waals surface area (Å²) < 4.78 is 2.01. The molecule has 0 saturated heterocycles. The lowest BCUT2D eigenvalue weighted by atomic mass is 10.0. The molecule has 2 rings (SSSR count). The standard InChI is InChI=1S/C16H22N2O3/c1-11-12(7-3-8-17)13-5-2-6-14(16(20)21)15(13)18(11)9-4-10-19/h2,5-6,19H,3-4,7-10,17H2,1H3,(H,20,21). The van der Waals surface area contributed by atoms with Crippen LogP contribution in [0.3, 0.4) is 0 Å². The van der Waals surface area contributed by atoms with Crippen LogP contribution in [0, 0.1) is 6.92 Å². The number of fused-ring (bicyclic) bond motifs is 1. The van der Waals surface area contributed by atoms with Crippen LogP contribution in [0.5, 0.6) is 0 Å². The molecule has 4 N–H and O–H groups in total. The first-order chi connectivity index (χ1) is 10.1. The fraction of sp³-hybridized carbons (Fsp3) is 0.438. The molecule has 5 heteroatoms. The Bertz CT molecular complexity index is 646. The minimum Gasteiger partial charge on any atom is -0.478 e. The van der Waals surface area contributed by atoms with Crippen molar-refractivity contribution in [2.45, 2.75) is 32.7 Å². The van der Waals surface area contributed by atoms with Gasteiger partial charge in [-0.3, -0.25) is 0 Å². The minimum absolute atomic E-state index is 0.0898. The van der Waals surface area contributed by atoms with Crippen molar-refractivity contribution < 1.29 is 15.0 Å². The summed E-state index contributed by atoms with van der Waals surface area (Å²) in [5.74, 6) is -0.922. The molecule has 5 nitrogen and oxygen atoms in total. The van der Waals surface area contributed by atoms with E-state index in [2.05, 4.69) is 0 Å². The molecule has 0 aliphatic carbocycles. The third kappa shape index (κ3) is 2.94. The zero-order valence-electron chi connectivity index (χ0n) is 12.3. The molecule has 21 heavy (non-hydrogen) atoms. The van der Waals surface area contributed by atoms with Gasteiger partial charge in [0.1, 0.15) is 0 Å². The quantitative estimate of drug-likeness (QED) is 0.727. The minimum atomic E-state index is -0.922. The fourth-order valence-corrected chi connectivity index (χ4v) is 2.88. The normalized spacial score (nSPS) is 11.2. The van der Waals surface area contributed by atoms with Crippen molar-refractivity contribution in [2.75, 3.05) is 13.2 Å². The first kappa shape index (κ1) is 15.5. The number of hydrogen-bond donors (Lipinski definition) is 3. The number of aliphatic hydroxyl groups excluding tert-OH is 1. The summed E-state index contributed by atoms with van der Waals surface area (Å²) >= 11 is 0. The number of para-hydroxylation sites is 1. The molecule has 0 aliphatic heterocycles. The van der Waals surface area contributed by atoms with E-state index in [0.717, 1.165) is 35.0 Å². The summed E-state index contributed by atoms with van der Waals surface area (Å²) in [6, 6.07) is 5.38. The molecule has 0 fully saturated rings. The summed E-state index contributed by atoms with van der Waals surface area (Å²) in [7, 11) is 0. The molecule has 0 spiro atoms. The van der Waals surface area contributed by atoms with E-state index in [9.17, 15) is 9.90 Å². The highest BCUT2D eigenvalue weighted by Gasteiger charge is 2.19. The molecule has 1 aromatic heterocycles.